The molecule has 0 aliphatic rings. The zero-order valence-electron chi connectivity index (χ0n) is 34.2. The second-order valence-corrected chi connectivity index (χ2v) is 17.1. The molecule has 0 amide bonds. The highest BCUT2D eigenvalue weighted by atomic mass is 16.3. The maximum absolute atomic E-state index is 6.76. The van der Waals surface area contributed by atoms with E-state index < -0.39 is 0 Å². The predicted octanol–water partition coefficient (Wildman–Crippen LogP) is 17.8. The summed E-state index contributed by atoms with van der Waals surface area (Å²) in [6.07, 6.45) is 0. The quantitative estimate of drug-likeness (QED) is 0.128. The minimum Gasteiger partial charge on any atom is -0.456 e. The van der Waals surface area contributed by atoms with Gasteiger partial charge in [0.1, 0.15) is 11.2 Å². The fourth-order valence-corrected chi connectivity index (χ4v) is 10.9. The summed E-state index contributed by atoms with van der Waals surface area (Å²) in [5.41, 5.74) is 9.27. The molecule has 0 atom stereocenters. The van der Waals surface area contributed by atoms with Gasteiger partial charge in [-0.15, -0.1) is 0 Å². The molecule has 1 heterocycles. The van der Waals surface area contributed by atoms with E-state index in [0.717, 1.165) is 16.6 Å². The molecule has 14 rings (SSSR count). The van der Waals surface area contributed by atoms with Gasteiger partial charge in [-0.1, -0.05) is 182 Å². The van der Waals surface area contributed by atoms with Crippen molar-refractivity contribution in [1.82, 2.24) is 0 Å². The summed E-state index contributed by atoms with van der Waals surface area (Å²) < 4.78 is 6.76. The van der Waals surface area contributed by atoms with Crippen molar-refractivity contribution < 1.29 is 4.42 Å². The normalized spacial score (nSPS) is 12.1. The largest absolute Gasteiger partial charge is 0.456 e. The van der Waals surface area contributed by atoms with Gasteiger partial charge in [0.15, 0.2) is 0 Å². The number of furan rings is 1. The first-order valence-corrected chi connectivity index (χ1v) is 21.8. The molecule has 0 aliphatic heterocycles. The Labute approximate surface area is 362 Å². The van der Waals surface area contributed by atoms with Crippen LogP contribution in [0.3, 0.4) is 0 Å². The van der Waals surface area contributed by atoms with E-state index in [1.807, 2.05) is 0 Å². The molecule has 290 valence electrons. The van der Waals surface area contributed by atoms with Gasteiger partial charge >= 0.3 is 0 Å². The van der Waals surface area contributed by atoms with E-state index in [4.69, 9.17) is 4.42 Å². The van der Waals surface area contributed by atoms with Crippen LogP contribution in [0.5, 0.6) is 0 Å². The molecule has 0 unspecified atom stereocenters. The van der Waals surface area contributed by atoms with E-state index in [0.29, 0.717) is 0 Å². The lowest BCUT2D eigenvalue weighted by Gasteiger charge is -2.19. The van der Waals surface area contributed by atoms with Gasteiger partial charge in [-0.3, -0.25) is 0 Å². The minimum absolute atomic E-state index is 0.913. The first-order valence-electron chi connectivity index (χ1n) is 21.8. The molecule has 14 aromatic rings. The molecule has 1 nitrogen and oxygen atoms in total. The van der Waals surface area contributed by atoms with Crippen molar-refractivity contribution in [2.45, 2.75) is 0 Å². The van der Waals surface area contributed by atoms with E-state index in [-0.39, 0.29) is 0 Å². The Morgan fingerprint density at radius 2 is 0.683 bits per heavy atom. The minimum atomic E-state index is 0.913. The second kappa shape index (κ2) is 13.1. The van der Waals surface area contributed by atoms with Gasteiger partial charge < -0.3 is 4.42 Å². The van der Waals surface area contributed by atoms with Crippen molar-refractivity contribution in [2.75, 3.05) is 0 Å². The predicted molar refractivity (Wildman–Crippen MR) is 270 cm³/mol. The third-order valence-electron chi connectivity index (χ3n) is 13.8. The van der Waals surface area contributed by atoms with Crippen LogP contribution in [0.4, 0.5) is 0 Å². The topological polar surface area (TPSA) is 13.1 Å². The van der Waals surface area contributed by atoms with Crippen molar-refractivity contribution in [2.24, 2.45) is 0 Å². The third-order valence-corrected chi connectivity index (χ3v) is 13.8. The van der Waals surface area contributed by atoms with Crippen LogP contribution in [0, 0.1) is 0 Å². The summed E-state index contributed by atoms with van der Waals surface area (Å²) in [6.45, 7) is 0. The number of hydrogen-bond acceptors (Lipinski definition) is 1. The van der Waals surface area contributed by atoms with Gasteiger partial charge in [-0.05, 0) is 151 Å². The van der Waals surface area contributed by atoms with Gasteiger partial charge in [0.25, 0.3) is 0 Å². The molecule has 0 bridgehead atoms. The molecule has 0 saturated heterocycles. The Morgan fingerprint density at radius 3 is 1.38 bits per heavy atom. The number of fused-ring (bicyclic) bond motifs is 16. The maximum Gasteiger partial charge on any atom is 0.136 e. The van der Waals surface area contributed by atoms with Gasteiger partial charge in [-0.2, -0.15) is 0 Å². The van der Waals surface area contributed by atoms with Crippen molar-refractivity contribution >= 4 is 108 Å². The van der Waals surface area contributed by atoms with E-state index >= 15 is 0 Å². The molecule has 0 N–H and O–H groups in total. The van der Waals surface area contributed by atoms with Crippen LogP contribution < -0.4 is 0 Å². The van der Waals surface area contributed by atoms with E-state index in [1.165, 1.54) is 125 Å². The maximum atomic E-state index is 6.76. The van der Waals surface area contributed by atoms with E-state index in [2.05, 4.69) is 218 Å². The average Bonchev–Trinajstić information content (AvgIpc) is 3.72. The Kier molecular flexibility index (Phi) is 7.17. The monoisotopic (exact) mass is 796 g/mol. The van der Waals surface area contributed by atoms with Crippen LogP contribution in [0.1, 0.15) is 0 Å². The standard InChI is InChI=1S/C62H36O/c1-2-12-37(13-3-1)40-24-25-42-33-43(27-26-41(42)32-40)59-49-18-8-10-20-51(49)60(52-21-11-9-19-50(52)59)44-28-30-48-53(34-44)46-16-6-7-17-47(46)54-35-56-58(36-55(48)54)63-57-31-29-39-23-22-38-14-4-5-15-45(38)61(39)62(56)57/h1-36H. The Morgan fingerprint density at radius 1 is 0.206 bits per heavy atom. The lowest BCUT2D eigenvalue weighted by Crippen LogP contribution is -1.91. The summed E-state index contributed by atoms with van der Waals surface area (Å²) in [5.74, 6) is 0. The van der Waals surface area contributed by atoms with Crippen molar-refractivity contribution in [1.29, 1.82) is 0 Å². The molecule has 63 heavy (non-hydrogen) atoms. The Bertz CT molecular complexity index is 4190. The van der Waals surface area contributed by atoms with Crippen LogP contribution in [0.15, 0.2) is 223 Å². The molecule has 0 saturated carbocycles. The summed E-state index contributed by atoms with van der Waals surface area (Å²) in [4.78, 5) is 0. The fourth-order valence-electron chi connectivity index (χ4n) is 10.9. The summed E-state index contributed by atoms with van der Waals surface area (Å²) in [7, 11) is 0. The number of benzene rings is 13. The third kappa shape index (κ3) is 5.05. The van der Waals surface area contributed by atoms with Crippen LogP contribution >= 0.6 is 0 Å². The molecular weight excluding hydrogens is 761 g/mol. The number of hydrogen-bond donors (Lipinski definition) is 0. The van der Waals surface area contributed by atoms with Crippen molar-refractivity contribution in [3.63, 3.8) is 0 Å². The zero-order valence-corrected chi connectivity index (χ0v) is 34.2. The molecule has 1 heteroatoms. The lowest BCUT2D eigenvalue weighted by molar-refractivity contribution is 0.670. The summed E-state index contributed by atoms with van der Waals surface area (Å²) >= 11 is 0. The highest BCUT2D eigenvalue weighted by molar-refractivity contribution is 6.32. The van der Waals surface area contributed by atoms with Crippen molar-refractivity contribution in [3.8, 4) is 33.4 Å². The lowest BCUT2D eigenvalue weighted by atomic mass is 9.84. The highest BCUT2D eigenvalue weighted by Gasteiger charge is 2.20. The Balaban J connectivity index is 0.994. The van der Waals surface area contributed by atoms with Crippen LogP contribution in [0.25, 0.3) is 141 Å². The molecule has 0 fully saturated rings. The smallest absolute Gasteiger partial charge is 0.136 e. The SMILES string of the molecule is c1ccc(-c2ccc3cc(-c4c5ccccc5c(-c5ccc6c(c5)c5ccccc5c5cc7c(cc65)oc5ccc6ccc8ccccc8c6c57)c5ccccc45)ccc3c2)cc1. The molecule has 0 radical (unpaired) electrons. The molecule has 13 aromatic carbocycles. The van der Waals surface area contributed by atoms with Gasteiger partial charge in [-0.25, -0.2) is 0 Å². The first-order chi connectivity index (χ1) is 31.2. The van der Waals surface area contributed by atoms with Gasteiger partial charge in [0, 0.05) is 16.2 Å². The Hall–Kier alpha value is -8.26. The molecule has 0 spiro atoms. The summed E-state index contributed by atoms with van der Waals surface area (Å²) in [6, 6.07) is 80.6. The first kappa shape index (κ1) is 34.5. The number of rotatable bonds is 3. The highest BCUT2D eigenvalue weighted by Crippen LogP contribution is 2.47. The molecular formula is C62H36O. The zero-order chi connectivity index (χ0) is 41.2. The molecule has 0 aliphatic carbocycles. The van der Waals surface area contributed by atoms with Gasteiger partial charge in [0.05, 0.1) is 0 Å². The van der Waals surface area contributed by atoms with E-state index in [1.54, 1.807) is 0 Å². The molecule has 1 aromatic heterocycles. The van der Waals surface area contributed by atoms with Gasteiger partial charge in [0.2, 0.25) is 0 Å². The van der Waals surface area contributed by atoms with Crippen LogP contribution in [0.2, 0.25) is 0 Å². The summed E-state index contributed by atoms with van der Waals surface area (Å²) in [5, 5.41) is 22.2. The van der Waals surface area contributed by atoms with Crippen molar-refractivity contribution in [3.05, 3.63) is 218 Å². The fraction of sp³-hybridized carbons (Fsp3) is 0. The van der Waals surface area contributed by atoms with E-state index in [9.17, 15) is 0 Å². The average molecular weight is 797 g/mol. The second-order valence-electron chi connectivity index (χ2n) is 17.1. The van der Waals surface area contributed by atoms with Crippen LogP contribution in [-0.2, 0) is 0 Å². The van der Waals surface area contributed by atoms with Crippen LogP contribution in [-0.4, -0.2) is 0 Å².